The Labute approximate surface area is 256 Å². The van der Waals surface area contributed by atoms with Gasteiger partial charge in [0.05, 0.1) is 12.2 Å². The molecule has 11 heteroatoms. The molecule has 2 amide bonds. The second-order valence-corrected chi connectivity index (χ2v) is 11.2. The van der Waals surface area contributed by atoms with Gasteiger partial charge in [0.2, 0.25) is 0 Å². The molecule has 3 rings (SSSR count). The summed E-state index contributed by atoms with van der Waals surface area (Å²) >= 11 is 0. The molecule has 0 radical (unpaired) electrons. The van der Waals surface area contributed by atoms with Crippen LogP contribution < -0.4 is 16.4 Å². The van der Waals surface area contributed by atoms with Crippen LogP contribution in [0.15, 0.2) is 71.9 Å². The summed E-state index contributed by atoms with van der Waals surface area (Å²) in [5.74, 6) is -1.16. The number of nitrogens with zero attached hydrogens (tertiary/aromatic N) is 1. The first-order valence-electron chi connectivity index (χ1n) is 14.1. The number of rotatable bonds is 10. The molecule has 0 saturated carbocycles. The van der Waals surface area contributed by atoms with Crippen LogP contribution in [0.5, 0.6) is 0 Å². The third-order valence-corrected chi connectivity index (χ3v) is 5.96. The molecule has 11 nitrogen and oxygen atoms in total. The van der Waals surface area contributed by atoms with Gasteiger partial charge in [0, 0.05) is 28.9 Å². The van der Waals surface area contributed by atoms with E-state index in [0.717, 1.165) is 0 Å². The second kappa shape index (κ2) is 14.8. The van der Waals surface area contributed by atoms with Gasteiger partial charge in [-0.15, -0.1) is 0 Å². The molecule has 0 aromatic heterocycles. The van der Waals surface area contributed by atoms with Crippen LogP contribution in [0.1, 0.15) is 78.2 Å². The minimum absolute atomic E-state index is 0.0630. The zero-order chi connectivity index (χ0) is 32.4. The van der Waals surface area contributed by atoms with Gasteiger partial charge in [0.25, 0.3) is 11.8 Å². The predicted molar refractivity (Wildman–Crippen MR) is 167 cm³/mol. The Balaban J connectivity index is 1.85. The number of nitrogens with two attached hydrogens (primary N) is 1. The Morgan fingerprint density at radius 3 is 2.14 bits per heavy atom. The number of benzene rings is 3. The van der Waals surface area contributed by atoms with Gasteiger partial charge in [-0.25, -0.2) is 9.59 Å². The number of carbonyl (C=O) groups excluding carboxylic acids is 4. The Kier molecular flexibility index (Phi) is 11.2. The van der Waals surface area contributed by atoms with Crippen molar-refractivity contribution >= 4 is 35.5 Å². The van der Waals surface area contributed by atoms with Crippen molar-refractivity contribution in [3.63, 3.8) is 0 Å². The molecule has 3 aromatic rings. The zero-order valence-electron chi connectivity index (χ0n) is 25.7. The van der Waals surface area contributed by atoms with Gasteiger partial charge in [-0.3, -0.25) is 14.4 Å². The van der Waals surface area contributed by atoms with Crippen molar-refractivity contribution < 1.29 is 33.5 Å². The average molecular weight is 603 g/mol. The number of amides is 2. The summed E-state index contributed by atoms with van der Waals surface area (Å²) in [6.45, 7) is 11.4. The quantitative estimate of drug-likeness (QED) is 0.0871. The first-order chi connectivity index (χ1) is 20.8. The summed E-state index contributed by atoms with van der Waals surface area (Å²) in [5.41, 5.74) is 7.77. The fourth-order valence-electron chi connectivity index (χ4n) is 3.94. The summed E-state index contributed by atoms with van der Waals surface area (Å²) in [7, 11) is 0. The van der Waals surface area contributed by atoms with Crippen LogP contribution in [0.3, 0.4) is 0 Å². The lowest BCUT2D eigenvalue weighted by molar-refractivity contribution is -0.00627. The molecule has 0 saturated heterocycles. The van der Waals surface area contributed by atoms with Gasteiger partial charge in [0.1, 0.15) is 5.60 Å². The van der Waals surface area contributed by atoms with Crippen LogP contribution in [0.25, 0.3) is 11.1 Å². The molecule has 0 fully saturated rings. The Morgan fingerprint density at radius 1 is 0.864 bits per heavy atom. The van der Waals surface area contributed by atoms with E-state index in [4.69, 9.17) is 20.0 Å². The average Bonchev–Trinajstić information content (AvgIpc) is 2.98. The number of nitrogens with one attached hydrogen (secondary N) is 2. The molecule has 0 bridgehead atoms. The monoisotopic (exact) mass is 602 g/mol. The standard InChI is InChI=1S/C33H38N4O7/c1-7-42-31(40)27-18-22(29(38)35-19-20(2)3)14-17-25(27)24-10-8-9-11-26(24)30(39)36-23-15-12-21(13-16-23)28(34)37-44-32(41)43-33(4,5)6/h8-18,20H,7,19H2,1-6H3,(H2,34,37)(H,35,38)(H,36,39). The van der Waals surface area contributed by atoms with Crippen molar-refractivity contribution in [3.05, 3.63) is 89.0 Å². The lowest BCUT2D eigenvalue weighted by Crippen LogP contribution is -2.27. The van der Waals surface area contributed by atoms with E-state index in [2.05, 4.69) is 15.8 Å². The topological polar surface area (TPSA) is 158 Å². The van der Waals surface area contributed by atoms with Crippen LogP contribution in [0.2, 0.25) is 0 Å². The molecule has 0 spiro atoms. The van der Waals surface area contributed by atoms with E-state index < -0.39 is 23.6 Å². The van der Waals surface area contributed by atoms with E-state index in [9.17, 15) is 19.2 Å². The van der Waals surface area contributed by atoms with Crippen LogP contribution in [0.4, 0.5) is 10.5 Å². The third-order valence-electron chi connectivity index (χ3n) is 5.96. The smallest absolute Gasteiger partial charge is 0.462 e. The molecule has 232 valence electrons. The highest BCUT2D eigenvalue weighted by atomic mass is 16.8. The van der Waals surface area contributed by atoms with Crippen molar-refractivity contribution in [1.82, 2.24) is 5.32 Å². The van der Waals surface area contributed by atoms with E-state index in [1.54, 1.807) is 88.4 Å². The summed E-state index contributed by atoms with van der Waals surface area (Å²) in [6.07, 6.45) is -0.988. The van der Waals surface area contributed by atoms with Crippen molar-refractivity contribution in [3.8, 4) is 11.1 Å². The van der Waals surface area contributed by atoms with Crippen LogP contribution in [-0.2, 0) is 14.3 Å². The van der Waals surface area contributed by atoms with Gasteiger partial charge in [-0.2, -0.15) is 0 Å². The van der Waals surface area contributed by atoms with Crippen LogP contribution in [0, 0.1) is 5.92 Å². The Morgan fingerprint density at radius 2 is 1.50 bits per heavy atom. The fourth-order valence-corrected chi connectivity index (χ4v) is 3.94. The lowest BCUT2D eigenvalue weighted by Gasteiger charge is -2.17. The van der Waals surface area contributed by atoms with Gasteiger partial charge in [0.15, 0.2) is 5.84 Å². The number of oxime groups is 1. The molecule has 0 atom stereocenters. The molecule has 3 aromatic carbocycles. The largest absolute Gasteiger partial charge is 0.535 e. The highest BCUT2D eigenvalue weighted by Gasteiger charge is 2.22. The van der Waals surface area contributed by atoms with Crippen LogP contribution in [-0.4, -0.2) is 48.5 Å². The van der Waals surface area contributed by atoms with Crippen molar-refractivity contribution in [2.24, 2.45) is 16.8 Å². The van der Waals surface area contributed by atoms with E-state index in [1.165, 1.54) is 6.07 Å². The lowest BCUT2D eigenvalue weighted by atomic mass is 9.93. The third kappa shape index (κ3) is 9.41. The molecular formula is C33H38N4O7. The van der Waals surface area contributed by atoms with E-state index in [-0.39, 0.29) is 29.8 Å². The van der Waals surface area contributed by atoms with E-state index in [0.29, 0.717) is 40.0 Å². The molecular weight excluding hydrogens is 564 g/mol. The number of ether oxygens (including phenoxy) is 2. The normalized spacial score (nSPS) is 11.5. The van der Waals surface area contributed by atoms with Crippen LogP contribution >= 0.6 is 0 Å². The number of carbonyl (C=O) groups is 4. The highest BCUT2D eigenvalue weighted by molar-refractivity contribution is 6.11. The number of anilines is 1. The van der Waals surface area contributed by atoms with Gasteiger partial charge in [-0.05, 0) is 87.2 Å². The summed E-state index contributed by atoms with van der Waals surface area (Å²) in [6, 6.07) is 18.0. The van der Waals surface area contributed by atoms with Crippen molar-refractivity contribution in [2.75, 3.05) is 18.5 Å². The Hall–Kier alpha value is -5.19. The fraction of sp³-hybridized carbons (Fsp3) is 0.303. The predicted octanol–water partition coefficient (Wildman–Crippen LogP) is 5.74. The minimum atomic E-state index is -0.988. The first kappa shape index (κ1) is 33.3. The summed E-state index contributed by atoms with van der Waals surface area (Å²) in [4.78, 5) is 55.6. The summed E-state index contributed by atoms with van der Waals surface area (Å²) in [5, 5.41) is 9.28. The molecule has 0 aliphatic heterocycles. The second-order valence-electron chi connectivity index (χ2n) is 11.2. The molecule has 0 aliphatic rings. The molecule has 0 unspecified atom stereocenters. The molecule has 44 heavy (non-hydrogen) atoms. The zero-order valence-corrected chi connectivity index (χ0v) is 25.7. The minimum Gasteiger partial charge on any atom is -0.462 e. The summed E-state index contributed by atoms with van der Waals surface area (Å²) < 4.78 is 10.3. The molecule has 4 N–H and O–H groups in total. The number of esters is 1. The molecule has 0 heterocycles. The highest BCUT2D eigenvalue weighted by Crippen LogP contribution is 2.30. The van der Waals surface area contributed by atoms with Gasteiger partial charge >= 0.3 is 12.1 Å². The van der Waals surface area contributed by atoms with Gasteiger partial charge < -0.3 is 25.8 Å². The van der Waals surface area contributed by atoms with E-state index in [1.807, 2.05) is 13.8 Å². The van der Waals surface area contributed by atoms with Gasteiger partial charge in [-0.1, -0.05) is 43.3 Å². The van der Waals surface area contributed by atoms with Crippen molar-refractivity contribution in [1.29, 1.82) is 0 Å². The van der Waals surface area contributed by atoms with Crippen molar-refractivity contribution in [2.45, 2.75) is 47.1 Å². The first-order valence-corrected chi connectivity index (χ1v) is 14.1. The number of hydrogen-bond acceptors (Lipinski definition) is 8. The number of hydrogen-bond donors (Lipinski definition) is 3. The van der Waals surface area contributed by atoms with E-state index >= 15 is 0 Å². The molecule has 0 aliphatic carbocycles. The maximum absolute atomic E-state index is 13.4. The maximum Gasteiger partial charge on any atom is 0.535 e. The number of amidine groups is 1. The Bertz CT molecular complexity index is 1540. The SMILES string of the molecule is CCOC(=O)c1cc(C(=O)NCC(C)C)ccc1-c1ccccc1C(=O)Nc1ccc(C(N)=NOC(=O)OC(C)(C)C)cc1. The maximum atomic E-state index is 13.4.